The molecule has 9 nitrogen and oxygen atoms in total. The highest BCUT2D eigenvalue weighted by Gasteiger charge is 2.22. The maximum atomic E-state index is 12.0. The molecule has 0 unspecified atom stereocenters. The van der Waals surface area contributed by atoms with E-state index in [9.17, 15) is 9.59 Å². The van der Waals surface area contributed by atoms with Crippen LogP contribution in [0.15, 0.2) is 5.03 Å². The van der Waals surface area contributed by atoms with Crippen LogP contribution >= 0.6 is 11.8 Å². The zero-order valence-corrected chi connectivity index (χ0v) is 12.7. The number of esters is 1. The van der Waals surface area contributed by atoms with Crippen molar-refractivity contribution in [1.29, 1.82) is 0 Å². The molecule has 0 saturated heterocycles. The Morgan fingerprint density at radius 2 is 1.90 bits per heavy atom. The molecule has 0 aliphatic rings. The topological polar surface area (TPSA) is 128 Å². The van der Waals surface area contributed by atoms with Crippen LogP contribution in [-0.2, 0) is 9.47 Å². The lowest BCUT2D eigenvalue weighted by atomic mass is 10.3. The SMILES string of the molecule is CCOC(=O)NNc1nc(N)nc(SC)c1C(=O)OCC. The van der Waals surface area contributed by atoms with Gasteiger partial charge in [0.2, 0.25) is 5.95 Å². The smallest absolute Gasteiger partial charge is 0.425 e. The van der Waals surface area contributed by atoms with Gasteiger partial charge in [-0.05, 0) is 20.1 Å². The van der Waals surface area contributed by atoms with Gasteiger partial charge >= 0.3 is 12.1 Å². The molecule has 0 saturated carbocycles. The molecule has 4 N–H and O–H groups in total. The third-order valence-electron chi connectivity index (χ3n) is 2.12. The van der Waals surface area contributed by atoms with E-state index in [1.165, 1.54) is 11.8 Å². The molecule has 1 amide bonds. The lowest BCUT2D eigenvalue weighted by Crippen LogP contribution is -2.32. The Hall–Kier alpha value is -2.23. The monoisotopic (exact) mass is 315 g/mol. The van der Waals surface area contributed by atoms with Crippen molar-refractivity contribution in [3.8, 4) is 0 Å². The van der Waals surface area contributed by atoms with Gasteiger partial charge in [0.15, 0.2) is 5.82 Å². The van der Waals surface area contributed by atoms with Gasteiger partial charge in [0.1, 0.15) is 10.6 Å². The number of anilines is 2. The minimum Gasteiger partial charge on any atom is -0.462 e. The molecule has 0 aliphatic carbocycles. The lowest BCUT2D eigenvalue weighted by Gasteiger charge is -2.13. The van der Waals surface area contributed by atoms with Crippen LogP contribution in [0.4, 0.5) is 16.6 Å². The molecule has 1 rings (SSSR count). The Kier molecular flexibility index (Phi) is 6.53. The van der Waals surface area contributed by atoms with Crippen LogP contribution in [0.1, 0.15) is 24.2 Å². The first-order valence-electron chi connectivity index (χ1n) is 6.10. The van der Waals surface area contributed by atoms with Gasteiger partial charge < -0.3 is 15.2 Å². The van der Waals surface area contributed by atoms with E-state index >= 15 is 0 Å². The molecule has 0 aliphatic heterocycles. The Morgan fingerprint density at radius 3 is 2.48 bits per heavy atom. The average molecular weight is 315 g/mol. The second-order valence-electron chi connectivity index (χ2n) is 3.51. The molecule has 0 radical (unpaired) electrons. The predicted octanol–water partition coefficient (Wildman–Crippen LogP) is 1.03. The molecule has 1 aromatic heterocycles. The zero-order valence-electron chi connectivity index (χ0n) is 11.9. The van der Waals surface area contributed by atoms with Crippen molar-refractivity contribution in [3.63, 3.8) is 0 Å². The maximum absolute atomic E-state index is 12.0. The van der Waals surface area contributed by atoms with Crippen molar-refractivity contribution in [2.24, 2.45) is 0 Å². The number of ether oxygens (including phenoxy) is 2. The van der Waals surface area contributed by atoms with Crippen molar-refractivity contribution >= 4 is 35.6 Å². The van der Waals surface area contributed by atoms with E-state index in [0.29, 0.717) is 5.03 Å². The summed E-state index contributed by atoms with van der Waals surface area (Å²) in [7, 11) is 0. The van der Waals surface area contributed by atoms with Crippen molar-refractivity contribution in [1.82, 2.24) is 15.4 Å². The Morgan fingerprint density at radius 1 is 1.24 bits per heavy atom. The number of nitrogen functional groups attached to an aromatic ring is 1. The molecule has 1 heterocycles. The second kappa shape index (κ2) is 8.15. The molecule has 0 atom stereocenters. The van der Waals surface area contributed by atoms with Crippen LogP contribution in [-0.4, -0.2) is 41.5 Å². The highest BCUT2D eigenvalue weighted by Crippen LogP contribution is 2.25. The van der Waals surface area contributed by atoms with Crippen LogP contribution in [0.5, 0.6) is 0 Å². The van der Waals surface area contributed by atoms with Gasteiger partial charge in [0.05, 0.1) is 13.2 Å². The number of carbonyl (C=O) groups is 2. The van der Waals surface area contributed by atoms with E-state index in [-0.39, 0.29) is 30.5 Å². The van der Waals surface area contributed by atoms with Crippen LogP contribution in [0, 0.1) is 0 Å². The molecule has 0 spiro atoms. The maximum Gasteiger partial charge on any atom is 0.425 e. The molecule has 21 heavy (non-hydrogen) atoms. The minimum absolute atomic E-state index is 0.0401. The van der Waals surface area contributed by atoms with Crippen molar-refractivity contribution in [3.05, 3.63) is 5.56 Å². The molecule has 0 bridgehead atoms. The predicted molar refractivity (Wildman–Crippen MR) is 78.0 cm³/mol. The van der Waals surface area contributed by atoms with E-state index in [4.69, 9.17) is 10.5 Å². The van der Waals surface area contributed by atoms with E-state index in [1.54, 1.807) is 20.1 Å². The van der Waals surface area contributed by atoms with E-state index in [1.807, 2.05) is 0 Å². The molecular weight excluding hydrogens is 298 g/mol. The highest BCUT2D eigenvalue weighted by molar-refractivity contribution is 7.98. The fraction of sp³-hybridized carbons (Fsp3) is 0.455. The quantitative estimate of drug-likeness (QED) is 0.305. The van der Waals surface area contributed by atoms with E-state index in [2.05, 4.69) is 25.6 Å². The first kappa shape index (κ1) is 16.8. The van der Waals surface area contributed by atoms with Crippen LogP contribution in [0.2, 0.25) is 0 Å². The summed E-state index contributed by atoms with van der Waals surface area (Å²) in [5.74, 6) is -0.617. The van der Waals surface area contributed by atoms with Gasteiger partial charge in [-0.15, -0.1) is 11.8 Å². The van der Waals surface area contributed by atoms with Crippen molar-refractivity contribution < 1.29 is 19.1 Å². The normalized spacial score (nSPS) is 9.86. The van der Waals surface area contributed by atoms with Gasteiger partial charge in [-0.1, -0.05) is 0 Å². The van der Waals surface area contributed by atoms with Gasteiger partial charge in [-0.3, -0.25) is 5.43 Å². The zero-order chi connectivity index (χ0) is 15.8. The van der Waals surface area contributed by atoms with Crippen molar-refractivity contribution in [2.45, 2.75) is 18.9 Å². The summed E-state index contributed by atoms with van der Waals surface area (Å²) < 4.78 is 9.64. The number of nitrogens with two attached hydrogens (primary N) is 1. The first-order valence-corrected chi connectivity index (χ1v) is 7.33. The Labute approximate surface area is 126 Å². The fourth-order valence-corrected chi connectivity index (χ4v) is 1.93. The third-order valence-corrected chi connectivity index (χ3v) is 2.81. The number of thioether (sulfide) groups is 1. The number of amides is 1. The minimum atomic E-state index is -0.713. The van der Waals surface area contributed by atoms with Crippen molar-refractivity contribution in [2.75, 3.05) is 30.6 Å². The average Bonchev–Trinajstić information content (AvgIpc) is 2.44. The van der Waals surface area contributed by atoms with E-state index < -0.39 is 12.1 Å². The fourth-order valence-electron chi connectivity index (χ4n) is 1.36. The number of hydrogen-bond donors (Lipinski definition) is 3. The Balaban J connectivity index is 3.07. The summed E-state index contributed by atoms with van der Waals surface area (Å²) >= 11 is 1.21. The number of hydrogen-bond acceptors (Lipinski definition) is 9. The van der Waals surface area contributed by atoms with Crippen LogP contribution < -0.4 is 16.6 Å². The molecule has 0 fully saturated rings. The molecule has 10 heteroatoms. The second-order valence-corrected chi connectivity index (χ2v) is 4.30. The van der Waals surface area contributed by atoms with Gasteiger partial charge in [-0.25, -0.2) is 20.0 Å². The largest absolute Gasteiger partial charge is 0.462 e. The number of rotatable bonds is 6. The van der Waals surface area contributed by atoms with Crippen LogP contribution in [0.25, 0.3) is 0 Å². The number of nitrogens with one attached hydrogen (secondary N) is 2. The standard InChI is InChI=1S/C11H17N5O4S/c1-4-19-9(17)6-7(15-16-11(18)20-5-2)13-10(12)14-8(6)21-3/h4-5H2,1-3H3,(H,16,18)(H3,12,13,14,15). The molecule has 1 aromatic rings. The summed E-state index contributed by atoms with van der Waals surface area (Å²) in [6.07, 6.45) is 1.02. The highest BCUT2D eigenvalue weighted by atomic mass is 32.2. The summed E-state index contributed by atoms with van der Waals surface area (Å²) in [6.45, 7) is 3.75. The molecular formula is C11H17N5O4S. The lowest BCUT2D eigenvalue weighted by molar-refractivity contribution is 0.0522. The number of nitrogens with zero attached hydrogens (tertiary/aromatic N) is 2. The summed E-state index contributed by atoms with van der Waals surface area (Å²) in [5, 5.41) is 0.342. The third kappa shape index (κ3) is 4.67. The first-order chi connectivity index (χ1) is 10.0. The molecule has 116 valence electrons. The Bertz CT molecular complexity index is 526. The molecule has 0 aromatic carbocycles. The number of hydrazine groups is 1. The van der Waals surface area contributed by atoms with Crippen LogP contribution in [0.3, 0.4) is 0 Å². The number of carbonyl (C=O) groups excluding carboxylic acids is 2. The summed E-state index contributed by atoms with van der Waals surface area (Å²) in [5.41, 5.74) is 10.4. The summed E-state index contributed by atoms with van der Waals surface area (Å²) in [4.78, 5) is 31.1. The van der Waals surface area contributed by atoms with Gasteiger partial charge in [0, 0.05) is 0 Å². The van der Waals surface area contributed by atoms with E-state index in [0.717, 1.165) is 0 Å². The van der Waals surface area contributed by atoms with Gasteiger partial charge in [-0.2, -0.15) is 4.98 Å². The van der Waals surface area contributed by atoms with Gasteiger partial charge in [0.25, 0.3) is 0 Å². The number of aromatic nitrogens is 2. The summed E-state index contributed by atoms with van der Waals surface area (Å²) in [6, 6.07) is 0.